The summed E-state index contributed by atoms with van der Waals surface area (Å²) in [5.41, 5.74) is 3.17. The number of pyridine rings is 1. The molecule has 2 unspecified atom stereocenters. The highest BCUT2D eigenvalue weighted by molar-refractivity contribution is 7.07. The topological polar surface area (TPSA) is 73.1 Å². The molecule has 5 heterocycles. The van der Waals surface area contributed by atoms with Gasteiger partial charge in [-0.1, -0.05) is 6.07 Å². The molecule has 122 valence electrons. The zero-order valence-corrected chi connectivity index (χ0v) is 13.9. The molecule has 2 aromatic heterocycles. The van der Waals surface area contributed by atoms with E-state index in [1.807, 2.05) is 22.4 Å². The molecule has 24 heavy (non-hydrogen) atoms. The number of hydrogen-bond donors (Lipinski definition) is 0. The first-order valence-electron chi connectivity index (χ1n) is 8.04. The molecule has 0 aliphatic carbocycles. The molecule has 3 fully saturated rings. The summed E-state index contributed by atoms with van der Waals surface area (Å²) in [6.45, 7) is 2.02. The van der Waals surface area contributed by atoms with Gasteiger partial charge in [-0.2, -0.15) is 5.26 Å². The van der Waals surface area contributed by atoms with Crippen LogP contribution in [0.2, 0.25) is 0 Å². The van der Waals surface area contributed by atoms with Crippen molar-refractivity contribution >= 4 is 23.1 Å². The largest absolute Gasteiger partial charge is 0.354 e. The van der Waals surface area contributed by atoms with Crippen LogP contribution in [0.1, 0.15) is 24.2 Å². The molecule has 5 rings (SSSR count). The van der Waals surface area contributed by atoms with E-state index >= 15 is 0 Å². The first kappa shape index (κ1) is 15.1. The second-order valence-corrected chi connectivity index (χ2v) is 6.99. The maximum absolute atomic E-state index is 12.8. The molecule has 3 saturated heterocycles. The quantitative estimate of drug-likeness (QED) is 0.855. The molecular weight excluding hydrogens is 322 g/mol. The van der Waals surface area contributed by atoms with Crippen LogP contribution in [-0.4, -0.2) is 39.9 Å². The second kappa shape index (κ2) is 6.21. The molecule has 0 aromatic carbocycles. The van der Waals surface area contributed by atoms with Crippen molar-refractivity contribution in [2.45, 2.75) is 25.4 Å². The van der Waals surface area contributed by atoms with Crippen molar-refractivity contribution in [2.24, 2.45) is 5.92 Å². The van der Waals surface area contributed by atoms with Crippen LogP contribution < -0.4 is 4.90 Å². The van der Waals surface area contributed by atoms with Gasteiger partial charge in [0, 0.05) is 24.5 Å². The lowest BCUT2D eigenvalue weighted by atomic mass is 9.94. The number of nitriles is 1. The number of aromatic nitrogens is 2. The Labute approximate surface area is 144 Å². The molecule has 2 aromatic rings. The highest BCUT2D eigenvalue weighted by atomic mass is 32.1. The SMILES string of the molecule is N#Cc1cccc(N2CC3CCC(C2)N(Cc2cscn2)C3=O)n1. The van der Waals surface area contributed by atoms with Crippen LogP contribution in [0.4, 0.5) is 5.82 Å². The smallest absolute Gasteiger partial charge is 0.228 e. The summed E-state index contributed by atoms with van der Waals surface area (Å²) in [6.07, 6.45) is 1.93. The van der Waals surface area contributed by atoms with Gasteiger partial charge in [0.25, 0.3) is 0 Å². The molecule has 1 amide bonds. The molecule has 7 heteroatoms. The van der Waals surface area contributed by atoms with Crippen molar-refractivity contribution in [3.05, 3.63) is 40.5 Å². The van der Waals surface area contributed by atoms with Crippen LogP contribution in [0.25, 0.3) is 0 Å². The Bertz CT molecular complexity index is 785. The first-order chi connectivity index (χ1) is 11.7. The molecule has 3 aliphatic rings. The third kappa shape index (κ3) is 2.74. The lowest BCUT2D eigenvalue weighted by molar-refractivity contribution is -0.140. The third-order valence-corrected chi connectivity index (χ3v) is 5.42. The van der Waals surface area contributed by atoms with Crippen molar-refractivity contribution in [1.82, 2.24) is 14.9 Å². The van der Waals surface area contributed by atoms with Crippen molar-refractivity contribution in [3.8, 4) is 6.07 Å². The van der Waals surface area contributed by atoms with E-state index in [0.717, 1.165) is 30.9 Å². The van der Waals surface area contributed by atoms with E-state index in [0.29, 0.717) is 18.8 Å². The van der Waals surface area contributed by atoms with E-state index in [2.05, 4.69) is 20.9 Å². The second-order valence-electron chi connectivity index (χ2n) is 6.27. The van der Waals surface area contributed by atoms with Crippen molar-refractivity contribution in [1.29, 1.82) is 5.26 Å². The van der Waals surface area contributed by atoms with Gasteiger partial charge >= 0.3 is 0 Å². The lowest BCUT2D eigenvalue weighted by Gasteiger charge is -2.35. The predicted molar refractivity (Wildman–Crippen MR) is 90.3 cm³/mol. The Kier molecular flexibility index (Phi) is 3.90. The van der Waals surface area contributed by atoms with E-state index < -0.39 is 0 Å². The Hall–Kier alpha value is -2.46. The number of carbonyl (C=O) groups is 1. The molecule has 0 saturated carbocycles. The number of amides is 1. The number of piperidine rings is 1. The number of hydrogen-bond acceptors (Lipinski definition) is 6. The minimum absolute atomic E-state index is 0.00470. The molecule has 0 N–H and O–H groups in total. The first-order valence-corrected chi connectivity index (χ1v) is 8.98. The normalized spacial score (nSPS) is 23.2. The van der Waals surface area contributed by atoms with Gasteiger partial charge in [-0.25, -0.2) is 9.97 Å². The third-order valence-electron chi connectivity index (χ3n) is 4.78. The molecule has 6 nitrogen and oxygen atoms in total. The van der Waals surface area contributed by atoms with Gasteiger partial charge in [0.1, 0.15) is 17.6 Å². The van der Waals surface area contributed by atoms with Crippen molar-refractivity contribution < 1.29 is 4.79 Å². The number of rotatable bonds is 3. The Balaban J connectivity index is 1.59. The fourth-order valence-electron chi connectivity index (χ4n) is 3.59. The molecular formula is C17H17N5OS. The maximum atomic E-state index is 12.8. The highest BCUT2D eigenvalue weighted by Gasteiger charge is 2.41. The number of nitrogens with zero attached hydrogens (tertiary/aromatic N) is 5. The molecule has 2 atom stereocenters. The van der Waals surface area contributed by atoms with Gasteiger partial charge < -0.3 is 9.80 Å². The fraction of sp³-hybridized carbons (Fsp3) is 0.412. The van der Waals surface area contributed by atoms with E-state index in [1.165, 1.54) is 0 Å². The van der Waals surface area contributed by atoms with Crippen LogP contribution in [0.15, 0.2) is 29.1 Å². The number of thiazole rings is 1. The van der Waals surface area contributed by atoms with Crippen LogP contribution in [0, 0.1) is 17.2 Å². The number of anilines is 1. The molecule has 0 spiro atoms. The Morgan fingerprint density at radius 3 is 3.04 bits per heavy atom. The average Bonchev–Trinajstić information content (AvgIpc) is 2.98. The van der Waals surface area contributed by atoms with Gasteiger partial charge in [-0.05, 0) is 25.0 Å². The summed E-state index contributed by atoms with van der Waals surface area (Å²) in [6, 6.07) is 7.73. The van der Waals surface area contributed by atoms with Crippen LogP contribution >= 0.6 is 11.3 Å². The molecule has 0 radical (unpaired) electrons. The van der Waals surface area contributed by atoms with Gasteiger partial charge in [-0.3, -0.25) is 4.79 Å². The van der Waals surface area contributed by atoms with Gasteiger partial charge in [0.15, 0.2) is 0 Å². The Morgan fingerprint density at radius 1 is 1.33 bits per heavy atom. The van der Waals surface area contributed by atoms with Crippen LogP contribution in [-0.2, 0) is 11.3 Å². The summed E-state index contributed by atoms with van der Waals surface area (Å²) in [5, 5.41) is 11.1. The summed E-state index contributed by atoms with van der Waals surface area (Å²) >= 11 is 1.56. The van der Waals surface area contributed by atoms with E-state index in [9.17, 15) is 4.79 Å². The average molecular weight is 339 g/mol. The number of fused-ring (bicyclic) bond motifs is 4. The predicted octanol–water partition coefficient (Wildman–Crippen LogP) is 2.04. The van der Waals surface area contributed by atoms with Crippen molar-refractivity contribution in [3.63, 3.8) is 0 Å². The van der Waals surface area contributed by atoms with Gasteiger partial charge in [0.05, 0.1) is 23.7 Å². The standard InChI is InChI=1S/C17H17N5OS/c18-6-13-2-1-3-16(20-13)21-7-12-4-5-15(9-21)22(17(12)23)8-14-10-24-11-19-14/h1-3,10-12,15H,4-5,7-9H2. The summed E-state index contributed by atoms with van der Waals surface area (Å²) in [4.78, 5) is 25.7. The zero-order valence-electron chi connectivity index (χ0n) is 13.1. The summed E-state index contributed by atoms with van der Waals surface area (Å²) in [5.74, 6) is 1.00. The molecule has 3 aliphatic heterocycles. The monoisotopic (exact) mass is 339 g/mol. The maximum Gasteiger partial charge on any atom is 0.228 e. The van der Waals surface area contributed by atoms with Crippen LogP contribution in [0.3, 0.4) is 0 Å². The summed E-state index contributed by atoms with van der Waals surface area (Å²) < 4.78 is 0. The molecule has 2 bridgehead atoms. The van der Waals surface area contributed by atoms with E-state index in [4.69, 9.17) is 5.26 Å². The van der Waals surface area contributed by atoms with E-state index in [-0.39, 0.29) is 17.9 Å². The van der Waals surface area contributed by atoms with Crippen molar-refractivity contribution in [2.75, 3.05) is 18.0 Å². The van der Waals surface area contributed by atoms with Gasteiger partial charge in [-0.15, -0.1) is 11.3 Å². The number of carbonyl (C=O) groups excluding carboxylic acids is 1. The zero-order chi connectivity index (χ0) is 16.5. The van der Waals surface area contributed by atoms with Gasteiger partial charge in [0.2, 0.25) is 5.91 Å². The summed E-state index contributed by atoms with van der Waals surface area (Å²) in [7, 11) is 0. The Morgan fingerprint density at radius 2 is 2.25 bits per heavy atom. The minimum atomic E-state index is -0.00470. The fourth-order valence-corrected chi connectivity index (χ4v) is 4.14. The minimum Gasteiger partial charge on any atom is -0.354 e. The highest BCUT2D eigenvalue weighted by Crippen LogP contribution is 2.32. The van der Waals surface area contributed by atoms with E-state index in [1.54, 1.807) is 22.9 Å². The van der Waals surface area contributed by atoms with Crippen LogP contribution in [0.5, 0.6) is 0 Å². The lowest BCUT2D eigenvalue weighted by Crippen LogP contribution is -2.47.